The summed E-state index contributed by atoms with van der Waals surface area (Å²) in [4.78, 5) is 4.45. The number of nitrogens with zero attached hydrogens (tertiary/aromatic N) is 2. The molecule has 3 nitrogen and oxygen atoms in total. The Bertz CT molecular complexity index is 656. The minimum atomic E-state index is 0.771. The van der Waals surface area contributed by atoms with E-state index >= 15 is 0 Å². The van der Waals surface area contributed by atoms with Crippen LogP contribution in [0.3, 0.4) is 0 Å². The van der Waals surface area contributed by atoms with E-state index in [1.54, 1.807) is 11.3 Å². The minimum Gasteiger partial charge on any atom is -0.378 e. The molecule has 4 heteroatoms. The smallest absolute Gasteiger partial charge is 0.112 e. The lowest BCUT2D eigenvalue weighted by atomic mass is 10.2. The molecule has 3 rings (SSSR count). The lowest BCUT2D eigenvalue weighted by Gasteiger charge is -2.08. The number of nitrogens with one attached hydrogen (secondary N) is 1. The highest BCUT2D eigenvalue weighted by Gasteiger charge is 2.00. The monoisotopic (exact) mass is 269 g/mol. The van der Waals surface area contributed by atoms with Crippen molar-refractivity contribution in [1.82, 2.24) is 9.55 Å². The molecular weight excluding hydrogens is 254 g/mol. The van der Waals surface area contributed by atoms with Gasteiger partial charge in [-0.15, -0.1) is 11.3 Å². The quantitative estimate of drug-likeness (QED) is 0.779. The fourth-order valence-electron chi connectivity index (χ4n) is 1.94. The molecule has 0 saturated carbocycles. The maximum Gasteiger partial charge on any atom is 0.112 e. The lowest BCUT2D eigenvalue weighted by molar-refractivity contribution is 1.06. The Morgan fingerprint density at radius 1 is 1.21 bits per heavy atom. The van der Waals surface area contributed by atoms with E-state index in [0.29, 0.717) is 0 Å². The second-order valence-electron chi connectivity index (χ2n) is 4.38. The molecule has 3 aromatic rings. The zero-order valence-corrected chi connectivity index (χ0v) is 11.5. The van der Waals surface area contributed by atoms with Crippen LogP contribution in [0.4, 0.5) is 5.69 Å². The van der Waals surface area contributed by atoms with Crippen LogP contribution in [0.5, 0.6) is 0 Å². The molecule has 0 atom stereocenters. The summed E-state index contributed by atoms with van der Waals surface area (Å²) in [5, 5.41) is 6.60. The number of aromatic nitrogens is 2. The second-order valence-corrected chi connectivity index (χ2v) is 5.32. The van der Waals surface area contributed by atoms with Crippen molar-refractivity contribution in [3.05, 3.63) is 64.9 Å². The van der Waals surface area contributed by atoms with Crippen LogP contribution in [0.25, 0.3) is 5.69 Å². The van der Waals surface area contributed by atoms with E-state index in [4.69, 9.17) is 0 Å². The van der Waals surface area contributed by atoms with E-state index < -0.39 is 0 Å². The van der Waals surface area contributed by atoms with Gasteiger partial charge in [-0.25, -0.2) is 4.98 Å². The van der Waals surface area contributed by atoms with Gasteiger partial charge in [0.05, 0.1) is 6.54 Å². The van der Waals surface area contributed by atoms with Crippen LogP contribution >= 0.6 is 11.3 Å². The van der Waals surface area contributed by atoms with Gasteiger partial charge in [-0.2, -0.15) is 0 Å². The lowest BCUT2D eigenvalue weighted by Crippen LogP contribution is -2.00. The molecule has 96 valence electrons. The zero-order valence-electron chi connectivity index (χ0n) is 10.7. The Morgan fingerprint density at radius 2 is 2.05 bits per heavy atom. The van der Waals surface area contributed by atoms with Crippen molar-refractivity contribution < 1.29 is 0 Å². The van der Waals surface area contributed by atoms with Gasteiger partial charge in [0, 0.05) is 34.8 Å². The fraction of sp³-hybridized carbons (Fsp3) is 0.133. The molecule has 0 amide bonds. The van der Waals surface area contributed by atoms with Crippen LogP contribution in [-0.2, 0) is 6.54 Å². The van der Waals surface area contributed by atoms with E-state index in [-0.39, 0.29) is 0 Å². The van der Waals surface area contributed by atoms with Crippen LogP contribution < -0.4 is 5.32 Å². The highest BCUT2D eigenvalue weighted by molar-refractivity contribution is 7.09. The Morgan fingerprint density at radius 3 is 2.79 bits per heavy atom. The summed E-state index contributed by atoms with van der Waals surface area (Å²) in [6, 6.07) is 12.4. The van der Waals surface area contributed by atoms with Crippen molar-refractivity contribution in [3.63, 3.8) is 0 Å². The van der Waals surface area contributed by atoms with Gasteiger partial charge in [-0.1, -0.05) is 6.07 Å². The number of aryl methyl sites for hydroxylation is 1. The molecule has 0 fully saturated rings. The topological polar surface area (TPSA) is 29.9 Å². The molecule has 0 unspecified atom stereocenters. The molecule has 0 aliphatic rings. The average Bonchev–Trinajstić information content (AvgIpc) is 3.08. The van der Waals surface area contributed by atoms with Crippen LogP contribution in [-0.4, -0.2) is 9.55 Å². The van der Waals surface area contributed by atoms with Crippen molar-refractivity contribution >= 4 is 17.0 Å². The van der Waals surface area contributed by atoms with E-state index in [1.807, 2.05) is 31.5 Å². The molecule has 0 aliphatic heterocycles. The Kier molecular flexibility index (Phi) is 3.33. The summed E-state index contributed by atoms with van der Waals surface area (Å²) in [6.07, 6.45) is 4.09. The Labute approximate surface area is 116 Å². The summed E-state index contributed by atoms with van der Waals surface area (Å²) in [7, 11) is 0. The normalized spacial score (nSPS) is 10.6. The first kappa shape index (κ1) is 12.0. The Balaban J connectivity index is 1.73. The molecule has 19 heavy (non-hydrogen) atoms. The molecule has 0 bridgehead atoms. The SMILES string of the molecule is Cc1csc(CNc2cccc(-n3cccc3)c2)n1. The van der Waals surface area contributed by atoms with Gasteiger partial charge in [0.2, 0.25) is 0 Å². The molecule has 2 aromatic heterocycles. The summed E-state index contributed by atoms with van der Waals surface area (Å²) < 4.78 is 2.10. The molecule has 0 spiro atoms. The fourth-order valence-corrected chi connectivity index (χ4v) is 2.66. The number of hydrogen-bond donors (Lipinski definition) is 1. The molecule has 1 N–H and O–H groups in total. The number of anilines is 1. The summed E-state index contributed by atoms with van der Waals surface area (Å²) >= 11 is 1.69. The third kappa shape index (κ3) is 2.85. The van der Waals surface area contributed by atoms with Crippen LogP contribution in [0.15, 0.2) is 54.2 Å². The number of rotatable bonds is 4. The van der Waals surface area contributed by atoms with E-state index in [1.165, 1.54) is 0 Å². The van der Waals surface area contributed by atoms with Gasteiger partial charge in [0.1, 0.15) is 5.01 Å². The largest absolute Gasteiger partial charge is 0.378 e. The molecule has 0 aliphatic carbocycles. The first-order valence-corrected chi connectivity index (χ1v) is 7.07. The van der Waals surface area contributed by atoms with Crippen LogP contribution in [0.1, 0.15) is 10.7 Å². The van der Waals surface area contributed by atoms with E-state index in [9.17, 15) is 0 Å². The maximum absolute atomic E-state index is 4.45. The van der Waals surface area contributed by atoms with Crippen molar-refractivity contribution in [1.29, 1.82) is 0 Å². The zero-order chi connectivity index (χ0) is 13.1. The highest BCUT2D eigenvalue weighted by atomic mass is 32.1. The van der Waals surface area contributed by atoms with Gasteiger partial charge < -0.3 is 9.88 Å². The van der Waals surface area contributed by atoms with Crippen molar-refractivity contribution in [2.45, 2.75) is 13.5 Å². The summed E-state index contributed by atoms with van der Waals surface area (Å²) in [6.45, 7) is 2.79. The summed E-state index contributed by atoms with van der Waals surface area (Å²) in [5.41, 5.74) is 3.35. The van der Waals surface area contributed by atoms with Gasteiger partial charge in [0.25, 0.3) is 0 Å². The molecule has 2 heterocycles. The van der Waals surface area contributed by atoms with Gasteiger partial charge in [-0.05, 0) is 37.3 Å². The van der Waals surface area contributed by atoms with Crippen molar-refractivity contribution in [2.75, 3.05) is 5.32 Å². The van der Waals surface area contributed by atoms with E-state index in [2.05, 4.69) is 44.5 Å². The second kappa shape index (κ2) is 5.28. The molecule has 0 saturated heterocycles. The summed E-state index contributed by atoms with van der Waals surface area (Å²) in [5.74, 6) is 0. The van der Waals surface area contributed by atoms with Gasteiger partial charge >= 0.3 is 0 Å². The first-order chi connectivity index (χ1) is 9.31. The molecule has 0 radical (unpaired) electrons. The number of hydrogen-bond acceptors (Lipinski definition) is 3. The third-order valence-corrected chi connectivity index (χ3v) is 3.83. The number of thiazole rings is 1. The number of benzene rings is 1. The van der Waals surface area contributed by atoms with Crippen molar-refractivity contribution in [3.8, 4) is 5.69 Å². The molecular formula is C15H15N3S. The first-order valence-electron chi connectivity index (χ1n) is 6.19. The maximum atomic E-state index is 4.45. The van der Waals surface area contributed by atoms with Gasteiger partial charge in [-0.3, -0.25) is 0 Å². The van der Waals surface area contributed by atoms with Crippen LogP contribution in [0.2, 0.25) is 0 Å². The highest BCUT2D eigenvalue weighted by Crippen LogP contribution is 2.16. The average molecular weight is 269 g/mol. The Hall–Kier alpha value is -2.07. The van der Waals surface area contributed by atoms with Crippen LogP contribution in [0, 0.1) is 6.92 Å². The van der Waals surface area contributed by atoms with Crippen molar-refractivity contribution in [2.24, 2.45) is 0 Å². The molecule has 1 aromatic carbocycles. The predicted molar refractivity (Wildman–Crippen MR) is 79.9 cm³/mol. The minimum absolute atomic E-state index is 0.771. The van der Waals surface area contributed by atoms with Gasteiger partial charge in [0.15, 0.2) is 0 Å². The predicted octanol–water partition coefficient (Wildman–Crippen LogP) is 3.85. The van der Waals surface area contributed by atoms with E-state index in [0.717, 1.165) is 28.6 Å². The third-order valence-electron chi connectivity index (χ3n) is 2.86. The standard InChI is InChI=1S/C15H15N3S/c1-12-11-19-15(17-12)10-16-13-5-4-6-14(9-13)18-7-2-3-8-18/h2-9,11,16H,10H2,1H3.